The molecule has 0 saturated heterocycles. The number of nitrogens with zero attached hydrogens (tertiary/aromatic N) is 2. The Morgan fingerprint density at radius 3 is 2.67 bits per heavy atom. The lowest BCUT2D eigenvalue weighted by molar-refractivity contribution is -0.125. The summed E-state index contributed by atoms with van der Waals surface area (Å²) in [7, 11) is 0. The third-order valence-corrected chi connectivity index (χ3v) is 4.88. The Morgan fingerprint density at radius 1 is 1.20 bits per heavy atom. The van der Waals surface area contributed by atoms with Crippen molar-refractivity contribution in [3.63, 3.8) is 0 Å². The van der Waals surface area contributed by atoms with Crippen LogP contribution >= 0.6 is 27.5 Å². The minimum Gasteiger partial charge on any atom is -0.489 e. The quantitative estimate of drug-likeness (QED) is 0.490. The summed E-state index contributed by atoms with van der Waals surface area (Å²) in [4.78, 5) is 24.6. The van der Waals surface area contributed by atoms with E-state index in [1.165, 1.54) is 0 Å². The van der Waals surface area contributed by atoms with Crippen LogP contribution in [0, 0.1) is 5.92 Å². The van der Waals surface area contributed by atoms with Crippen LogP contribution in [0.2, 0.25) is 5.02 Å². The molecule has 0 fully saturated rings. The van der Waals surface area contributed by atoms with E-state index < -0.39 is 5.91 Å². The largest absolute Gasteiger partial charge is 0.489 e. The first-order valence-corrected chi connectivity index (χ1v) is 10.3. The van der Waals surface area contributed by atoms with Gasteiger partial charge in [0.15, 0.2) is 0 Å². The maximum Gasteiger partial charge on any atom is 0.269 e. The van der Waals surface area contributed by atoms with Crippen molar-refractivity contribution >= 4 is 39.3 Å². The lowest BCUT2D eigenvalue weighted by Gasteiger charge is -2.13. The molecule has 1 heterocycles. The van der Waals surface area contributed by atoms with Crippen molar-refractivity contribution in [3.05, 3.63) is 81.5 Å². The molecular formula is C21H20BrClN4O3. The number of hydrazine groups is 1. The monoisotopic (exact) mass is 490 g/mol. The number of ether oxygens (including phenoxy) is 1. The Hall–Kier alpha value is -2.84. The molecule has 1 aromatic heterocycles. The molecule has 2 amide bonds. The second kappa shape index (κ2) is 10.3. The highest BCUT2D eigenvalue weighted by atomic mass is 79.9. The molecule has 9 heteroatoms. The molecule has 0 aliphatic rings. The van der Waals surface area contributed by atoms with Crippen molar-refractivity contribution < 1.29 is 14.3 Å². The summed E-state index contributed by atoms with van der Waals surface area (Å²) in [5, 5.41) is 4.75. The summed E-state index contributed by atoms with van der Waals surface area (Å²) >= 11 is 9.17. The molecule has 3 aromatic rings. The fourth-order valence-corrected chi connectivity index (χ4v) is 3.07. The fraction of sp³-hybridized carbons (Fsp3) is 0.190. The molecule has 7 nitrogen and oxygen atoms in total. The summed E-state index contributed by atoms with van der Waals surface area (Å²) < 4.78 is 8.19. The number of halogens is 2. The van der Waals surface area contributed by atoms with Crippen LogP contribution in [0.1, 0.15) is 22.8 Å². The highest BCUT2D eigenvalue weighted by Crippen LogP contribution is 2.17. The number of benzene rings is 2. The Balaban J connectivity index is 1.50. The molecule has 30 heavy (non-hydrogen) atoms. The fourth-order valence-electron chi connectivity index (χ4n) is 2.62. The lowest BCUT2D eigenvalue weighted by Crippen LogP contribution is -2.44. The van der Waals surface area contributed by atoms with Gasteiger partial charge in [-0.3, -0.25) is 25.1 Å². The number of carbonyl (C=O) groups is 2. The van der Waals surface area contributed by atoms with E-state index in [0.717, 1.165) is 10.0 Å². The van der Waals surface area contributed by atoms with E-state index in [2.05, 4.69) is 31.9 Å². The van der Waals surface area contributed by atoms with Crippen molar-refractivity contribution in [3.8, 4) is 5.75 Å². The number of amides is 2. The van der Waals surface area contributed by atoms with Crippen molar-refractivity contribution in [1.82, 2.24) is 20.6 Å². The van der Waals surface area contributed by atoms with E-state index in [0.29, 0.717) is 29.5 Å². The normalized spacial score (nSPS) is 11.6. The van der Waals surface area contributed by atoms with E-state index >= 15 is 0 Å². The molecule has 0 aliphatic heterocycles. The minimum atomic E-state index is -0.411. The third-order valence-electron chi connectivity index (χ3n) is 4.22. The maximum absolute atomic E-state index is 12.4. The number of hydrogen-bond donors (Lipinski definition) is 2. The highest BCUT2D eigenvalue weighted by molar-refractivity contribution is 9.10. The predicted molar refractivity (Wildman–Crippen MR) is 117 cm³/mol. The first-order valence-electron chi connectivity index (χ1n) is 9.16. The Bertz CT molecular complexity index is 1020. The minimum absolute atomic E-state index is 0.297. The summed E-state index contributed by atoms with van der Waals surface area (Å²) in [6.45, 7) is 2.45. The predicted octanol–water partition coefficient (Wildman–Crippen LogP) is 3.98. The lowest BCUT2D eigenvalue weighted by atomic mass is 10.1. The van der Waals surface area contributed by atoms with Gasteiger partial charge >= 0.3 is 0 Å². The molecule has 2 N–H and O–H groups in total. The maximum atomic E-state index is 12.4. The topological polar surface area (TPSA) is 85.3 Å². The highest BCUT2D eigenvalue weighted by Gasteiger charge is 2.15. The smallest absolute Gasteiger partial charge is 0.269 e. The van der Waals surface area contributed by atoms with Crippen LogP contribution in [-0.2, 0) is 17.9 Å². The van der Waals surface area contributed by atoms with Gasteiger partial charge in [0, 0.05) is 16.8 Å². The van der Waals surface area contributed by atoms with Crippen molar-refractivity contribution in [1.29, 1.82) is 0 Å². The molecule has 0 unspecified atom stereocenters. The molecule has 3 rings (SSSR count). The summed E-state index contributed by atoms with van der Waals surface area (Å²) in [5.41, 5.74) is 6.13. The molecule has 0 bridgehead atoms. The Kier molecular flexibility index (Phi) is 7.48. The average molecular weight is 492 g/mol. The average Bonchev–Trinajstić information content (AvgIpc) is 3.16. The van der Waals surface area contributed by atoms with Crippen LogP contribution in [0.4, 0.5) is 0 Å². The van der Waals surface area contributed by atoms with E-state index in [4.69, 9.17) is 16.3 Å². The van der Waals surface area contributed by atoms with Crippen molar-refractivity contribution in [2.75, 3.05) is 0 Å². The van der Waals surface area contributed by atoms with Gasteiger partial charge < -0.3 is 4.74 Å². The van der Waals surface area contributed by atoms with Gasteiger partial charge in [-0.2, -0.15) is 5.10 Å². The van der Waals surface area contributed by atoms with Gasteiger partial charge in [0.25, 0.3) is 5.91 Å². The number of hydrogen-bond acceptors (Lipinski definition) is 4. The van der Waals surface area contributed by atoms with Crippen LogP contribution < -0.4 is 15.6 Å². The standard InChI is InChI=1S/C21H20BrClN4O3/c1-14(11-27-12-17(22)10-24-27)20(28)25-26-21(29)16-4-2-3-15(9-16)13-30-19-7-5-18(23)6-8-19/h2-10,12,14H,11,13H2,1H3,(H,25,28)(H,26,29)/t14-/m0/s1. The van der Waals surface area contributed by atoms with E-state index in [1.54, 1.807) is 66.5 Å². The van der Waals surface area contributed by atoms with E-state index in [9.17, 15) is 9.59 Å². The molecule has 2 aromatic carbocycles. The van der Waals surface area contributed by atoms with Gasteiger partial charge in [0.1, 0.15) is 12.4 Å². The second-order valence-corrected chi connectivity index (χ2v) is 8.02. The van der Waals surface area contributed by atoms with Crippen LogP contribution in [0.3, 0.4) is 0 Å². The number of rotatable bonds is 7. The molecule has 1 atom stereocenters. The molecule has 0 aliphatic carbocycles. The number of carbonyl (C=O) groups excluding carboxylic acids is 2. The number of aromatic nitrogens is 2. The third kappa shape index (κ3) is 6.33. The van der Waals surface area contributed by atoms with Gasteiger partial charge in [0.2, 0.25) is 5.91 Å². The van der Waals surface area contributed by atoms with Gasteiger partial charge in [-0.1, -0.05) is 30.7 Å². The molecular weight excluding hydrogens is 472 g/mol. The first kappa shape index (κ1) is 21.9. The van der Waals surface area contributed by atoms with Gasteiger partial charge in [-0.15, -0.1) is 0 Å². The number of nitrogens with one attached hydrogen (secondary N) is 2. The van der Waals surface area contributed by atoms with Crippen LogP contribution in [0.15, 0.2) is 65.4 Å². The molecule has 0 radical (unpaired) electrons. The van der Waals surface area contributed by atoms with E-state index in [1.807, 2.05) is 6.07 Å². The van der Waals surface area contributed by atoms with Crippen LogP contribution in [0.25, 0.3) is 0 Å². The zero-order valence-electron chi connectivity index (χ0n) is 16.1. The first-order chi connectivity index (χ1) is 14.4. The molecule has 156 valence electrons. The van der Waals surface area contributed by atoms with Crippen molar-refractivity contribution in [2.24, 2.45) is 5.92 Å². The summed E-state index contributed by atoms with van der Waals surface area (Å²) in [5.74, 6) is -0.418. The summed E-state index contributed by atoms with van der Waals surface area (Å²) in [6.07, 6.45) is 3.43. The van der Waals surface area contributed by atoms with Crippen LogP contribution in [0.5, 0.6) is 5.75 Å². The van der Waals surface area contributed by atoms with E-state index in [-0.39, 0.29) is 11.8 Å². The molecule has 0 spiro atoms. The van der Waals surface area contributed by atoms with Gasteiger partial charge in [-0.05, 0) is 57.9 Å². The zero-order chi connectivity index (χ0) is 21.5. The van der Waals surface area contributed by atoms with Crippen LogP contribution in [-0.4, -0.2) is 21.6 Å². The SMILES string of the molecule is C[C@@H](Cn1cc(Br)cn1)C(=O)NNC(=O)c1cccc(COc2ccc(Cl)cc2)c1. The van der Waals surface area contributed by atoms with Crippen molar-refractivity contribution in [2.45, 2.75) is 20.1 Å². The Morgan fingerprint density at radius 2 is 1.97 bits per heavy atom. The molecule has 0 saturated carbocycles. The van der Waals surface area contributed by atoms with Gasteiger partial charge in [-0.25, -0.2) is 0 Å². The Labute approximate surface area is 187 Å². The van der Waals surface area contributed by atoms with Gasteiger partial charge in [0.05, 0.1) is 23.1 Å². The summed E-state index contributed by atoms with van der Waals surface area (Å²) in [6, 6.07) is 14.0. The zero-order valence-corrected chi connectivity index (χ0v) is 18.5. The second-order valence-electron chi connectivity index (χ2n) is 6.67.